The summed E-state index contributed by atoms with van der Waals surface area (Å²) in [5, 5.41) is 7.56. The van der Waals surface area contributed by atoms with Crippen molar-refractivity contribution in [2.75, 3.05) is 13.1 Å². The number of amidine groups is 1. The molecule has 7 nitrogen and oxygen atoms in total. The molecule has 0 spiro atoms. The molecule has 3 aromatic rings. The first-order valence-corrected chi connectivity index (χ1v) is 11.1. The molecule has 1 fully saturated rings. The highest BCUT2D eigenvalue weighted by atomic mass is 32.1. The number of para-hydroxylation sites is 1. The number of fused-ring (bicyclic) bond motifs is 1. The normalized spacial score (nSPS) is 14.4. The van der Waals surface area contributed by atoms with Crippen molar-refractivity contribution in [2.45, 2.75) is 38.1 Å². The molecule has 156 valence electrons. The Labute approximate surface area is 180 Å². The van der Waals surface area contributed by atoms with E-state index in [0.29, 0.717) is 23.5 Å². The summed E-state index contributed by atoms with van der Waals surface area (Å²) in [5.74, 6) is 6.46. The maximum atomic E-state index is 7.04. The van der Waals surface area contributed by atoms with Crippen LogP contribution in [0, 0.1) is 5.53 Å². The van der Waals surface area contributed by atoms with Gasteiger partial charge in [-0.2, -0.15) is 5.10 Å². The summed E-state index contributed by atoms with van der Waals surface area (Å²) in [6.45, 7) is 2.01. The summed E-state index contributed by atoms with van der Waals surface area (Å²) >= 11 is 1.56. The smallest absolute Gasteiger partial charge is 0.279 e. The van der Waals surface area contributed by atoms with E-state index < -0.39 is 0 Å². The standard InChI is InChI=1S/C22H26N6OS/c23-26-21(27-24)6-3-14-28(17-9-10-17)15-13-16-7-11-18(12-8-16)29-22-25-19-4-1-2-5-20(19)30-22/h1-2,4-5,7-8,11-12,17,23H,3,6,9-10,13-15,24H2/b26-23?,27-21-. The number of rotatable bonds is 10. The monoisotopic (exact) mass is 422 g/mol. The number of thiazole rings is 1. The van der Waals surface area contributed by atoms with Gasteiger partial charge in [-0.05, 0) is 62.1 Å². The number of nitrogens with one attached hydrogen (secondary N) is 1. The van der Waals surface area contributed by atoms with Gasteiger partial charge in [0.1, 0.15) is 5.75 Å². The molecule has 0 atom stereocenters. The Morgan fingerprint density at radius 3 is 2.67 bits per heavy atom. The van der Waals surface area contributed by atoms with Crippen LogP contribution in [0.1, 0.15) is 31.2 Å². The third kappa shape index (κ3) is 5.40. The molecule has 0 aliphatic heterocycles. The summed E-state index contributed by atoms with van der Waals surface area (Å²) in [6.07, 6.45) is 5.12. The molecule has 0 radical (unpaired) electrons. The average molecular weight is 423 g/mol. The van der Waals surface area contributed by atoms with Crippen LogP contribution in [0.3, 0.4) is 0 Å². The van der Waals surface area contributed by atoms with Crippen LogP contribution in [0.25, 0.3) is 10.2 Å². The van der Waals surface area contributed by atoms with E-state index in [1.165, 1.54) is 18.4 Å². The second kappa shape index (κ2) is 9.77. The zero-order chi connectivity index (χ0) is 20.8. The van der Waals surface area contributed by atoms with Crippen LogP contribution >= 0.6 is 11.3 Å². The molecule has 1 aromatic heterocycles. The van der Waals surface area contributed by atoms with Crippen molar-refractivity contribution in [1.82, 2.24) is 9.88 Å². The number of hydrazone groups is 1. The molecule has 1 heterocycles. The molecule has 0 bridgehead atoms. The van der Waals surface area contributed by atoms with Crippen molar-refractivity contribution in [2.24, 2.45) is 16.1 Å². The van der Waals surface area contributed by atoms with E-state index in [2.05, 4.69) is 38.3 Å². The summed E-state index contributed by atoms with van der Waals surface area (Å²) in [6, 6.07) is 17.0. The van der Waals surface area contributed by atoms with Gasteiger partial charge in [0, 0.05) is 19.0 Å². The average Bonchev–Trinajstić information content (AvgIpc) is 3.53. The Kier molecular flexibility index (Phi) is 6.66. The van der Waals surface area contributed by atoms with Crippen molar-refractivity contribution in [3.05, 3.63) is 54.1 Å². The molecule has 30 heavy (non-hydrogen) atoms. The lowest BCUT2D eigenvalue weighted by molar-refractivity contribution is 0.265. The van der Waals surface area contributed by atoms with Crippen LogP contribution in [0.15, 0.2) is 58.7 Å². The molecule has 3 N–H and O–H groups in total. The number of ether oxygens (including phenoxy) is 1. The first-order chi connectivity index (χ1) is 14.7. The van der Waals surface area contributed by atoms with E-state index in [1.807, 2.05) is 30.3 Å². The molecule has 2 aromatic carbocycles. The van der Waals surface area contributed by atoms with Gasteiger partial charge in [-0.1, -0.05) is 35.6 Å². The van der Waals surface area contributed by atoms with Crippen LogP contribution < -0.4 is 10.6 Å². The Hall–Kier alpha value is -2.84. The van der Waals surface area contributed by atoms with E-state index >= 15 is 0 Å². The number of nitrogens with zero attached hydrogens (tertiary/aromatic N) is 4. The lowest BCUT2D eigenvalue weighted by Crippen LogP contribution is -2.29. The minimum Gasteiger partial charge on any atom is -0.431 e. The fourth-order valence-corrected chi connectivity index (χ4v) is 4.33. The van der Waals surface area contributed by atoms with Gasteiger partial charge in [0.15, 0.2) is 5.84 Å². The number of hydrogen-bond donors (Lipinski definition) is 2. The molecular formula is C22H26N6OS. The van der Waals surface area contributed by atoms with Crippen molar-refractivity contribution >= 4 is 27.4 Å². The lowest BCUT2D eigenvalue weighted by atomic mass is 10.1. The zero-order valence-electron chi connectivity index (χ0n) is 16.8. The van der Waals surface area contributed by atoms with Crippen molar-refractivity contribution in [3.8, 4) is 10.9 Å². The Bertz CT molecular complexity index is 979. The SMILES string of the molecule is N=N/C(CCCN(CCc1ccc(Oc2nc3ccccc3s2)cc1)C1CC1)=N\N. The van der Waals surface area contributed by atoms with Crippen LogP contribution in [-0.4, -0.2) is 34.9 Å². The molecule has 1 saturated carbocycles. The quantitative estimate of drug-likeness (QED) is 0.155. The van der Waals surface area contributed by atoms with Crippen molar-refractivity contribution in [3.63, 3.8) is 0 Å². The van der Waals surface area contributed by atoms with Gasteiger partial charge in [0.05, 0.1) is 10.2 Å². The predicted molar refractivity (Wildman–Crippen MR) is 120 cm³/mol. The molecular weight excluding hydrogens is 396 g/mol. The molecule has 4 rings (SSSR count). The fourth-order valence-electron chi connectivity index (χ4n) is 3.50. The number of aromatic nitrogens is 1. The fraction of sp³-hybridized carbons (Fsp3) is 0.364. The van der Waals surface area contributed by atoms with Gasteiger partial charge >= 0.3 is 0 Å². The third-order valence-electron chi connectivity index (χ3n) is 5.28. The Balaban J connectivity index is 1.28. The second-order valence-electron chi connectivity index (χ2n) is 7.47. The maximum Gasteiger partial charge on any atom is 0.279 e. The first kappa shape index (κ1) is 20.4. The highest BCUT2D eigenvalue weighted by Gasteiger charge is 2.28. The topological polar surface area (TPSA) is 100.0 Å². The number of hydrogen-bond acceptors (Lipinski definition) is 7. The highest BCUT2D eigenvalue weighted by Crippen LogP contribution is 2.31. The lowest BCUT2D eigenvalue weighted by Gasteiger charge is -2.21. The van der Waals surface area contributed by atoms with E-state index in [-0.39, 0.29) is 0 Å². The van der Waals surface area contributed by atoms with Crippen LogP contribution in [0.5, 0.6) is 10.9 Å². The van der Waals surface area contributed by atoms with Crippen molar-refractivity contribution < 1.29 is 4.74 Å². The van der Waals surface area contributed by atoms with Crippen LogP contribution in [0.2, 0.25) is 0 Å². The van der Waals surface area contributed by atoms with Gasteiger partial charge in [-0.3, -0.25) is 0 Å². The highest BCUT2D eigenvalue weighted by molar-refractivity contribution is 7.20. The van der Waals surface area contributed by atoms with Crippen molar-refractivity contribution in [1.29, 1.82) is 5.53 Å². The maximum absolute atomic E-state index is 7.04. The molecule has 8 heteroatoms. The predicted octanol–water partition coefficient (Wildman–Crippen LogP) is 5.18. The number of benzene rings is 2. The molecule has 0 saturated heterocycles. The minimum atomic E-state index is 0.412. The Morgan fingerprint density at radius 1 is 1.17 bits per heavy atom. The summed E-state index contributed by atoms with van der Waals surface area (Å²) < 4.78 is 7.07. The summed E-state index contributed by atoms with van der Waals surface area (Å²) in [5.41, 5.74) is 9.30. The molecule has 0 unspecified atom stereocenters. The summed E-state index contributed by atoms with van der Waals surface area (Å²) in [7, 11) is 0. The minimum absolute atomic E-state index is 0.412. The largest absolute Gasteiger partial charge is 0.431 e. The van der Waals surface area contributed by atoms with Gasteiger partial charge in [0.25, 0.3) is 5.19 Å². The third-order valence-corrected chi connectivity index (χ3v) is 6.19. The van der Waals surface area contributed by atoms with Gasteiger partial charge in [0.2, 0.25) is 0 Å². The van der Waals surface area contributed by atoms with E-state index in [1.54, 1.807) is 11.3 Å². The van der Waals surface area contributed by atoms with Gasteiger partial charge in [-0.15, -0.1) is 5.11 Å². The Morgan fingerprint density at radius 2 is 1.97 bits per heavy atom. The molecule has 0 amide bonds. The zero-order valence-corrected chi connectivity index (χ0v) is 17.6. The van der Waals surface area contributed by atoms with Crippen LogP contribution in [0.4, 0.5) is 0 Å². The molecule has 1 aliphatic rings. The number of nitrogens with two attached hydrogens (primary N) is 1. The second-order valence-corrected chi connectivity index (χ2v) is 8.46. The molecule has 1 aliphatic carbocycles. The van der Waals surface area contributed by atoms with E-state index in [9.17, 15) is 0 Å². The first-order valence-electron chi connectivity index (χ1n) is 10.3. The summed E-state index contributed by atoms with van der Waals surface area (Å²) in [4.78, 5) is 7.06. The van der Waals surface area contributed by atoms with Crippen LogP contribution in [-0.2, 0) is 6.42 Å². The van der Waals surface area contributed by atoms with Gasteiger partial charge < -0.3 is 15.5 Å². The van der Waals surface area contributed by atoms with E-state index in [0.717, 1.165) is 41.9 Å². The van der Waals surface area contributed by atoms with E-state index in [4.69, 9.17) is 16.1 Å². The van der Waals surface area contributed by atoms with Gasteiger partial charge in [-0.25, -0.2) is 10.5 Å².